The molecule has 0 bridgehead atoms. The zero-order valence-corrected chi connectivity index (χ0v) is 12.2. The fraction of sp³-hybridized carbons (Fsp3) is 0.125. The number of carbonyl (C=O) groups excluding carboxylic acids is 1. The average molecular weight is 297 g/mol. The number of nitrogens with zero attached hydrogens (tertiary/aromatic N) is 1. The van der Waals surface area contributed by atoms with Gasteiger partial charge in [0.1, 0.15) is 0 Å². The van der Waals surface area contributed by atoms with Crippen molar-refractivity contribution in [3.63, 3.8) is 0 Å². The summed E-state index contributed by atoms with van der Waals surface area (Å²) in [5.41, 5.74) is 4.22. The molecule has 0 atom stereocenters. The summed E-state index contributed by atoms with van der Waals surface area (Å²) in [5.74, 6) is 0.0473. The van der Waals surface area contributed by atoms with Crippen molar-refractivity contribution in [1.82, 2.24) is 15.5 Å². The molecule has 1 aromatic carbocycles. The first kappa shape index (κ1) is 13.6. The zero-order valence-electron chi connectivity index (χ0n) is 11.4. The molecule has 1 amide bonds. The zero-order chi connectivity index (χ0) is 14.5. The number of carbonyl (C=O) groups is 1. The highest BCUT2D eigenvalue weighted by Crippen LogP contribution is 2.16. The van der Waals surface area contributed by atoms with Gasteiger partial charge in [-0.3, -0.25) is 9.89 Å². The Morgan fingerprint density at radius 3 is 2.67 bits per heavy atom. The Bertz CT molecular complexity index is 688. The molecule has 4 nitrogen and oxygen atoms in total. The lowest BCUT2D eigenvalue weighted by Crippen LogP contribution is -2.24. The summed E-state index contributed by atoms with van der Waals surface area (Å²) in [6, 6.07) is 12.0. The first-order valence-electron chi connectivity index (χ1n) is 6.68. The third-order valence-electron chi connectivity index (χ3n) is 3.20. The summed E-state index contributed by atoms with van der Waals surface area (Å²) in [6.45, 7) is 0.548. The maximum Gasteiger partial charge on any atom is 0.224 e. The second-order valence-electron chi connectivity index (χ2n) is 4.75. The van der Waals surface area contributed by atoms with Crippen LogP contribution >= 0.6 is 11.3 Å². The second-order valence-corrected chi connectivity index (χ2v) is 5.53. The number of hydrogen-bond acceptors (Lipinski definition) is 3. The summed E-state index contributed by atoms with van der Waals surface area (Å²) in [5, 5.41) is 13.8. The minimum absolute atomic E-state index is 0.0473. The molecule has 5 heteroatoms. The maximum atomic E-state index is 11.8. The van der Waals surface area contributed by atoms with Crippen LogP contribution in [-0.2, 0) is 17.8 Å². The van der Waals surface area contributed by atoms with E-state index in [1.807, 2.05) is 47.2 Å². The fourth-order valence-electron chi connectivity index (χ4n) is 2.06. The van der Waals surface area contributed by atoms with Crippen molar-refractivity contribution in [1.29, 1.82) is 0 Å². The van der Waals surface area contributed by atoms with Gasteiger partial charge in [0.15, 0.2) is 0 Å². The molecule has 0 saturated carbocycles. The Kier molecular flexibility index (Phi) is 4.12. The number of aromatic amines is 1. The van der Waals surface area contributed by atoms with Gasteiger partial charge in [-0.15, -0.1) is 0 Å². The molecule has 106 valence electrons. The van der Waals surface area contributed by atoms with E-state index in [0.29, 0.717) is 13.0 Å². The topological polar surface area (TPSA) is 57.8 Å². The molecule has 21 heavy (non-hydrogen) atoms. The normalized spacial score (nSPS) is 10.5. The van der Waals surface area contributed by atoms with Crippen molar-refractivity contribution in [3.05, 3.63) is 64.5 Å². The largest absolute Gasteiger partial charge is 0.352 e. The highest BCUT2D eigenvalue weighted by atomic mass is 32.1. The van der Waals surface area contributed by atoms with Gasteiger partial charge < -0.3 is 5.32 Å². The molecule has 3 rings (SSSR count). The molecule has 0 aliphatic carbocycles. The number of thiophene rings is 1. The van der Waals surface area contributed by atoms with Crippen LogP contribution in [0.4, 0.5) is 0 Å². The molecule has 0 saturated heterocycles. The van der Waals surface area contributed by atoms with Crippen LogP contribution in [0, 0.1) is 0 Å². The first-order valence-corrected chi connectivity index (χ1v) is 7.62. The summed E-state index contributed by atoms with van der Waals surface area (Å²) in [6.07, 6.45) is 2.17. The average Bonchev–Trinajstić information content (AvgIpc) is 3.19. The van der Waals surface area contributed by atoms with Crippen LogP contribution in [0.25, 0.3) is 11.3 Å². The Morgan fingerprint density at radius 2 is 2.00 bits per heavy atom. The van der Waals surface area contributed by atoms with E-state index in [9.17, 15) is 4.79 Å². The molecule has 2 N–H and O–H groups in total. The van der Waals surface area contributed by atoms with Crippen LogP contribution in [-0.4, -0.2) is 16.1 Å². The van der Waals surface area contributed by atoms with Gasteiger partial charge in [-0.1, -0.05) is 24.3 Å². The van der Waals surface area contributed by atoms with Crippen LogP contribution in [0.5, 0.6) is 0 Å². The molecular formula is C16H15N3OS. The van der Waals surface area contributed by atoms with Gasteiger partial charge in [-0.25, -0.2) is 0 Å². The van der Waals surface area contributed by atoms with Crippen molar-refractivity contribution in [2.45, 2.75) is 13.0 Å². The maximum absolute atomic E-state index is 11.8. The molecule has 0 aliphatic heterocycles. The minimum Gasteiger partial charge on any atom is -0.352 e. The van der Waals surface area contributed by atoms with Crippen molar-refractivity contribution < 1.29 is 4.79 Å². The Hall–Kier alpha value is -2.40. The molecular weight excluding hydrogens is 282 g/mol. The number of benzene rings is 1. The van der Waals surface area contributed by atoms with E-state index in [-0.39, 0.29) is 5.91 Å². The number of amides is 1. The van der Waals surface area contributed by atoms with E-state index >= 15 is 0 Å². The van der Waals surface area contributed by atoms with Crippen LogP contribution in [0.15, 0.2) is 53.4 Å². The van der Waals surface area contributed by atoms with Crippen LogP contribution in [0.1, 0.15) is 11.1 Å². The van der Waals surface area contributed by atoms with Gasteiger partial charge in [-0.05, 0) is 39.6 Å². The van der Waals surface area contributed by atoms with Crippen LogP contribution < -0.4 is 5.32 Å². The van der Waals surface area contributed by atoms with E-state index in [1.54, 1.807) is 17.5 Å². The predicted molar refractivity (Wildman–Crippen MR) is 83.9 cm³/mol. The van der Waals surface area contributed by atoms with Crippen LogP contribution in [0.2, 0.25) is 0 Å². The second kappa shape index (κ2) is 6.37. The van der Waals surface area contributed by atoms with E-state index < -0.39 is 0 Å². The molecule has 0 fully saturated rings. The van der Waals surface area contributed by atoms with Crippen molar-refractivity contribution >= 4 is 17.2 Å². The lowest BCUT2D eigenvalue weighted by atomic mass is 10.1. The Labute approximate surface area is 126 Å². The third-order valence-corrected chi connectivity index (χ3v) is 3.93. The molecule has 0 aliphatic rings. The van der Waals surface area contributed by atoms with Crippen LogP contribution in [0.3, 0.4) is 0 Å². The summed E-state index contributed by atoms with van der Waals surface area (Å²) < 4.78 is 0. The van der Waals surface area contributed by atoms with E-state index in [1.165, 1.54) is 0 Å². The highest BCUT2D eigenvalue weighted by Gasteiger charge is 2.04. The van der Waals surface area contributed by atoms with E-state index in [2.05, 4.69) is 15.5 Å². The molecule has 0 unspecified atom stereocenters. The fourth-order valence-corrected chi connectivity index (χ4v) is 2.73. The quantitative estimate of drug-likeness (QED) is 0.760. The van der Waals surface area contributed by atoms with Crippen molar-refractivity contribution in [2.24, 2.45) is 0 Å². The summed E-state index contributed by atoms with van der Waals surface area (Å²) in [4.78, 5) is 11.8. The van der Waals surface area contributed by atoms with Gasteiger partial charge in [-0.2, -0.15) is 16.4 Å². The molecule has 0 radical (unpaired) electrons. The van der Waals surface area contributed by atoms with Crippen molar-refractivity contribution in [2.75, 3.05) is 0 Å². The minimum atomic E-state index is 0.0473. The van der Waals surface area contributed by atoms with Gasteiger partial charge in [0, 0.05) is 12.7 Å². The predicted octanol–water partition coefficient (Wildman–Crippen LogP) is 3.00. The van der Waals surface area contributed by atoms with E-state index in [4.69, 9.17) is 0 Å². The third kappa shape index (κ3) is 3.58. The van der Waals surface area contributed by atoms with Gasteiger partial charge in [0.05, 0.1) is 12.1 Å². The summed E-state index contributed by atoms with van der Waals surface area (Å²) in [7, 11) is 0. The molecule has 0 spiro atoms. The molecule has 2 aromatic heterocycles. The van der Waals surface area contributed by atoms with Gasteiger partial charge in [0.25, 0.3) is 0 Å². The van der Waals surface area contributed by atoms with E-state index in [0.717, 1.165) is 22.4 Å². The summed E-state index contributed by atoms with van der Waals surface area (Å²) >= 11 is 1.61. The number of hydrogen-bond donors (Lipinski definition) is 2. The van der Waals surface area contributed by atoms with Crippen molar-refractivity contribution in [3.8, 4) is 11.3 Å². The SMILES string of the molecule is O=C(Cc1ccsc1)NCc1ccc(-c2ccn[nH]2)cc1. The number of nitrogens with one attached hydrogen (secondary N) is 2. The standard InChI is InChI=1S/C16H15N3OS/c20-16(9-13-6-8-21-11-13)17-10-12-1-3-14(4-2-12)15-5-7-18-19-15/h1-8,11H,9-10H2,(H,17,20)(H,18,19). The lowest BCUT2D eigenvalue weighted by Gasteiger charge is -2.05. The molecule has 2 heterocycles. The smallest absolute Gasteiger partial charge is 0.224 e. The lowest BCUT2D eigenvalue weighted by molar-refractivity contribution is -0.120. The Morgan fingerprint density at radius 1 is 1.14 bits per heavy atom. The Balaban J connectivity index is 1.55. The molecule has 3 aromatic rings. The van der Waals surface area contributed by atoms with Gasteiger partial charge in [0.2, 0.25) is 5.91 Å². The highest BCUT2D eigenvalue weighted by molar-refractivity contribution is 7.07. The number of rotatable bonds is 5. The monoisotopic (exact) mass is 297 g/mol. The number of H-pyrrole nitrogens is 1. The first-order chi connectivity index (χ1) is 10.3. The van der Waals surface area contributed by atoms with Gasteiger partial charge >= 0.3 is 0 Å². The number of aromatic nitrogens is 2.